The van der Waals surface area contributed by atoms with Crippen LogP contribution in [0.2, 0.25) is 5.02 Å². The highest BCUT2D eigenvalue weighted by molar-refractivity contribution is 6.30. The maximum Gasteiger partial charge on any atom is 0.417 e. The SMILES string of the molecule is CC(C)COc1nc(-c2ccc(Cl)cc2)cc(C(F)(F)F)c1C(=O)O. The molecule has 0 fully saturated rings. The number of rotatable bonds is 5. The van der Waals surface area contributed by atoms with Gasteiger partial charge in [-0.1, -0.05) is 37.6 Å². The number of pyridine rings is 1. The molecule has 8 heteroatoms. The van der Waals surface area contributed by atoms with Crippen LogP contribution >= 0.6 is 11.6 Å². The summed E-state index contributed by atoms with van der Waals surface area (Å²) < 4.78 is 45.4. The molecule has 1 aromatic heterocycles. The van der Waals surface area contributed by atoms with Gasteiger partial charge in [0.1, 0.15) is 5.56 Å². The molecule has 0 bridgehead atoms. The van der Waals surface area contributed by atoms with Crippen molar-refractivity contribution in [3.8, 4) is 17.1 Å². The third-order valence-corrected chi connectivity index (χ3v) is 3.45. The van der Waals surface area contributed by atoms with Gasteiger partial charge in [0.05, 0.1) is 17.9 Å². The minimum absolute atomic E-state index is 0.0167. The molecule has 0 aliphatic heterocycles. The van der Waals surface area contributed by atoms with E-state index in [1.165, 1.54) is 24.3 Å². The second-order valence-corrected chi connectivity index (χ2v) is 6.19. The molecular formula is C17H15ClF3NO3. The highest BCUT2D eigenvalue weighted by atomic mass is 35.5. The number of carbonyl (C=O) groups is 1. The molecule has 0 atom stereocenters. The van der Waals surface area contributed by atoms with Gasteiger partial charge in [-0.25, -0.2) is 9.78 Å². The second-order valence-electron chi connectivity index (χ2n) is 5.75. The lowest BCUT2D eigenvalue weighted by atomic mass is 10.0. The Morgan fingerprint density at radius 2 is 1.88 bits per heavy atom. The van der Waals surface area contributed by atoms with E-state index in [1.54, 1.807) is 13.8 Å². The third-order valence-electron chi connectivity index (χ3n) is 3.20. The number of carboxylic acid groups (broad SMARTS) is 1. The normalized spacial score (nSPS) is 11.6. The van der Waals surface area contributed by atoms with Crippen LogP contribution in [0, 0.1) is 5.92 Å². The van der Waals surface area contributed by atoms with E-state index in [0.29, 0.717) is 16.7 Å². The summed E-state index contributed by atoms with van der Waals surface area (Å²) in [4.78, 5) is 15.4. The number of nitrogens with zero attached hydrogens (tertiary/aromatic N) is 1. The summed E-state index contributed by atoms with van der Waals surface area (Å²) in [6.45, 7) is 3.61. The molecule has 0 unspecified atom stereocenters. The highest BCUT2D eigenvalue weighted by Gasteiger charge is 2.38. The second kappa shape index (κ2) is 7.31. The summed E-state index contributed by atoms with van der Waals surface area (Å²) in [6.07, 6.45) is -4.87. The predicted octanol–water partition coefficient (Wildman–Crippen LogP) is 5.15. The molecular weight excluding hydrogens is 359 g/mol. The van der Waals surface area contributed by atoms with Crippen LogP contribution in [0.1, 0.15) is 29.8 Å². The number of benzene rings is 1. The zero-order valence-electron chi connectivity index (χ0n) is 13.4. The van der Waals surface area contributed by atoms with Crippen LogP contribution in [0.5, 0.6) is 5.88 Å². The zero-order chi connectivity index (χ0) is 18.8. The Labute approximate surface area is 147 Å². The summed E-state index contributed by atoms with van der Waals surface area (Å²) in [5.74, 6) is -2.32. The highest BCUT2D eigenvalue weighted by Crippen LogP contribution is 2.38. The van der Waals surface area contributed by atoms with Crippen molar-refractivity contribution >= 4 is 17.6 Å². The van der Waals surface area contributed by atoms with Gasteiger partial charge in [-0.15, -0.1) is 0 Å². The van der Waals surface area contributed by atoms with Crippen molar-refractivity contribution in [1.29, 1.82) is 0 Å². The molecule has 0 aliphatic rings. The Hall–Kier alpha value is -2.28. The fraction of sp³-hybridized carbons (Fsp3) is 0.294. The molecule has 0 spiro atoms. The molecule has 2 aromatic rings. The lowest BCUT2D eigenvalue weighted by Gasteiger charge is -2.17. The van der Waals surface area contributed by atoms with Crippen molar-refractivity contribution in [2.45, 2.75) is 20.0 Å². The average molecular weight is 374 g/mol. The van der Waals surface area contributed by atoms with E-state index < -0.39 is 29.2 Å². The van der Waals surface area contributed by atoms with E-state index in [-0.39, 0.29) is 18.2 Å². The van der Waals surface area contributed by atoms with Gasteiger partial charge in [-0.3, -0.25) is 0 Å². The number of halogens is 4. The Balaban J connectivity index is 2.67. The van der Waals surface area contributed by atoms with Gasteiger partial charge in [0, 0.05) is 10.6 Å². The summed E-state index contributed by atoms with van der Waals surface area (Å²) >= 11 is 5.78. The molecule has 2 rings (SSSR count). The molecule has 1 N–H and O–H groups in total. The number of hydrogen-bond acceptors (Lipinski definition) is 3. The van der Waals surface area contributed by atoms with Crippen LogP contribution in [0.15, 0.2) is 30.3 Å². The molecule has 25 heavy (non-hydrogen) atoms. The largest absolute Gasteiger partial charge is 0.477 e. The van der Waals surface area contributed by atoms with Gasteiger partial charge in [-0.05, 0) is 24.1 Å². The zero-order valence-corrected chi connectivity index (χ0v) is 14.1. The molecule has 134 valence electrons. The first kappa shape index (κ1) is 19.1. The number of hydrogen-bond donors (Lipinski definition) is 1. The monoisotopic (exact) mass is 373 g/mol. The van der Waals surface area contributed by atoms with Crippen LogP contribution in [0.3, 0.4) is 0 Å². The van der Waals surface area contributed by atoms with E-state index in [0.717, 1.165) is 0 Å². The molecule has 0 amide bonds. The summed E-state index contributed by atoms with van der Waals surface area (Å²) in [7, 11) is 0. The van der Waals surface area contributed by atoms with E-state index in [1.807, 2.05) is 0 Å². The molecule has 0 saturated heterocycles. The molecule has 1 aromatic carbocycles. The first-order valence-corrected chi connectivity index (χ1v) is 7.71. The number of alkyl halides is 3. The Bertz CT molecular complexity index is 774. The standard InChI is InChI=1S/C17H15ClF3NO3/c1-9(2)8-25-15-14(16(23)24)12(17(19,20)21)7-13(22-15)10-3-5-11(18)6-4-10/h3-7,9H,8H2,1-2H3,(H,23,24). The number of ether oxygens (including phenoxy) is 1. The summed E-state index contributed by atoms with van der Waals surface area (Å²) in [5.41, 5.74) is -1.99. The van der Waals surface area contributed by atoms with Crippen molar-refractivity contribution < 1.29 is 27.8 Å². The van der Waals surface area contributed by atoms with Crippen molar-refractivity contribution in [3.05, 3.63) is 46.5 Å². The van der Waals surface area contributed by atoms with Crippen molar-refractivity contribution in [3.63, 3.8) is 0 Å². The number of aromatic nitrogens is 1. The smallest absolute Gasteiger partial charge is 0.417 e. The van der Waals surface area contributed by atoms with Gasteiger partial charge in [0.25, 0.3) is 0 Å². The Kier molecular flexibility index (Phi) is 5.57. The van der Waals surface area contributed by atoms with Crippen LogP contribution < -0.4 is 4.74 Å². The van der Waals surface area contributed by atoms with Gasteiger partial charge in [0.2, 0.25) is 5.88 Å². The van der Waals surface area contributed by atoms with Crippen molar-refractivity contribution in [1.82, 2.24) is 4.98 Å². The van der Waals surface area contributed by atoms with Crippen LogP contribution in [-0.2, 0) is 6.18 Å². The van der Waals surface area contributed by atoms with Gasteiger partial charge >= 0.3 is 12.1 Å². The molecule has 0 saturated carbocycles. The first-order valence-electron chi connectivity index (χ1n) is 7.34. The van der Waals surface area contributed by atoms with Gasteiger partial charge in [-0.2, -0.15) is 13.2 Å². The van der Waals surface area contributed by atoms with Gasteiger partial charge in [0.15, 0.2) is 0 Å². The molecule has 0 aliphatic carbocycles. The van der Waals surface area contributed by atoms with E-state index in [9.17, 15) is 23.1 Å². The molecule has 0 radical (unpaired) electrons. The van der Waals surface area contributed by atoms with Crippen LogP contribution in [0.4, 0.5) is 13.2 Å². The lowest BCUT2D eigenvalue weighted by Crippen LogP contribution is -2.17. The minimum Gasteiger partial charge on any atom is -0.477 e. The maximum absolute atomic E-state index is 13.4. The van der Waals surface area contributed by atoms with Crippen LogP contribution in [-0.4, -0.2) is 22.7 Å². The predicted molar refractivity (Wildman–Crippen MR) is 87.0 cm³/mol. The van der Waals surface area contributed by atoms with Crippen LogP contribution in [0.25, 0.3) is 11.3 Å². The summed E-state index contributed by atoms with van der Waals surface area (Å²) in [6, 6.07) is 6.71. The summed E-state index contributed by atoms with van der Waals surface area (Å²) in [5, 5.41) is 9.65. The Morgan fingerprint density at radius 1 is 1.28 bits per heavy atom. The molecule has 4 nitrogen and oxygen atoms in total. The quantitative estimate of drug-likeness (QED) is 0.787. The Morgan fingerprint density at radius 3 is 2.36 bits per heavy atom. The average Bonchev–Trinajstić information content (AvgIpc) is 2.51. The topological polar surface area (TPSA) is 59.4 Å². The van der Waals surface area contributed by atoms with E-state index in [2.05, 4.69) is 4.98 Å². The van der Waals surface area contributed by atoms with E-state index >= 15 is 0 Å². The number of aromatic carboxylic acids is 1. The van der Waals surface area contributed by atoms with Crippen molar-refractivity contribution in [2.24, 2.45) is 5.92 Å². The maximum atomic E-state index is 13.4. The number of carboxylic acids is 1. The van der Waals surface area contributed by atoms with E-state index in [4.69, 9.17) is 16.3 Å². The third kappa shape index (κ3) is 4.63. The lowest BCUT2D eigenvalue weighted by molar-refractivity contribution is -0.138. The minimum atomic E-state index is -4.87. The fourth-order valence-corrected chi connectivity index (χ4v) is 2.20. The van der Waals surface area contributed by atoms with Crippen molar-refractivity contribution in [2.75, 3.05) is 6.61 Å². The first-order chi connectivity index (χ1) is 11.6. The van der Waals surface area contributed by atoms with Gasteiger partial charge < -0.3 is 9.84 Å². The molecule has 1 heterocycles. The fourth-order valence-electron chi connectivity index (χ4n) is 2.07.